The number of thiophene rings is 1. The molecule has 7 nitrogen and oxygen atoms in total. The summed E-state index contributed by atoms with van der Waals surface area (Å²) in [6, 6.07) is 0. The van der Waals surface area contributed by atoms with E-state index in [2.05, 4.69) is 24.8 Å². The summed E-state index contributed by atoms with van der Waals surface area (Å²) in [4.78, 5) is 36.6. The molecule has 1 saturated heterocycles. The molecule has 0 saturated carbocycles. The molecule has 0 aromatic carbocycles. The van der Waals surface area contributed by atoms with E-state index in [1.54, 1.807) is 18.6 Å². The molecule has 8 heteroatoms. The topological polar surface area (TPSA) is 75.1 Å². The van der Waals surface area contributed by atoms with E-state index < -0.39 is 0 Å². The first-order valence-corrected chi connectivity index (χ1v) is 9.97. The van der Waals surface area contributed by atoms with E-state index in [1.165, 1.54) is 11.3 Å². The standard InChI is InChI=1S/C19H22N6OS/c1-4-14-22-13(3)16-12(2)17(27-18(16)23-14)19(26)25-9-7-24(8-10-25)15-11-20-5-6-21-15/h5-6,11H,4,7-10H2,1-3H3. The van der Waals surface area contributed by atoms with Gasteiger partial charge in [-0.3, -0.25) is 9.78 Å². The lowest BCUT2D eigenvalue weighted by Gasteiger charge is -2.35. The fraction of sp³-hybridized carbons (Fsp3) is 0.421. The predicted molar refractivity (Wildman–Crippen MR) is 106 cm³/mol. The minimum atomic E-state index is 0.0896. The molecule has 0 N–H and O–H groups in total. The summed E-state index contributed by atoms with van der Waals surface area (Å²) in [7, 11) is 0. The Labute approximate surface area is 162 Å². The zero-order valence-electron chi connectivity index (χ0n) is 15.8. The molecular formula is C19H22N6OS. The quantitative estimate of drug-likeness (QED) is 0.693. The number of piperazine rings is 1. The van der Waals surface area contributed by atoms with Crippen molar-refractivity contribution in [1.29, 1.82) is 0 Å². The normalized spacial score (nSPS) is 14.8. The van der Waals surface area contributed by atoms with E-state index in [4.69, 9.17) is 0 Å². The number of carbonyl (C=O) groups is 1. The Morgan fingerprint density at radius 3 is 2.59 bits per heavy atom. The highest BCUT2D eigenvalue weighted by Gasteiger charge is 2.26. The number of fused-ring (bicyclic) bond motifs is 1. The van der Waals surface area contributed by atoms with E-state index in [-0.39, 0.29) is 5.91 Å². The predicted octanol–water partition coefficient (Wildman–Crippen LogP) is 2.62. The molecule has 3 aromatic heterocycles. The summed E-state index contributed by atoms with van der Waals surface area (Å²) in [6.07, 6.45) is 5.92. The number of amides is 1. The highest BCUT2D eigenvalue weighted by atomic mass is 32.1. The Morgan fingerprint density at radius 2 is 1.93 bits per heavy atom. The zero-order valence-corrected chi connectivity index (χ0v) is 16.6. The Balaban J connectivity index is 1.55. The van der Waals surface area contributed by atoms with Gasteiger partial charge in [0.1, 0.15) is 16.5 Å². The van der Waals surface area contributed by atoms with Crippen LogP contribution in [-0.2, 0) is 6.42 Å². The van der Waals surface area contributed by atoms with Crippen LogP contribution in [0.25, 0.3) is 10.2 Å². The second kappa shape index (κ2) is 7.19. The largest absolute Gasteiger partial charge is 0.352 e. The van der Waals surface area contributed by atoms with Crippen LogP contribution in [-0.4, -0.2) is 56.9 Å². The van der Waals surface area contributed by atoms with Gasteiger partial charge in [0.15, 0.2) is 0 Å². The van der Waals surface area contributed by atoms with Gasteiger partial charge >= 0.3 is 0 Å². The lowest BCUT2D eigenvalue weighted by molar-refractivity contribution is 0.0751. The Kier molecular flexibility index (Phi) is 4.73. The van der Waals surface area contributed by atoms with Crippen molar-refractivity contribution in [3.8, 4) is 0 Å². The van der Waals surface area contributed by atoms with Crippen LogP contribution in [0.3, 0.4) is 0 Å². The first-order valence-electron chi connectivity index (χ1n) is 9.15. The number of anilines is 1. The van der Waals surface area contributed by atoms with Crippen LogP contribution < -0.4 is 4.90 Å². The third-order valence-corrected chi connectivity index (χ3v) is 6.14. The third-order valence-electron chi connectivity index (χ3n) is 4.97. The highest BCUT2D eigenvalue weighted by molar-refractivity contribution is 7.20. The van der Waals surface area contributed by atoms with Crippen molar-refractivity contribution in [1.82, 2.24) is 24.8 Å². The van der Waals surface area contributed by atoms with Crippen molar-refractivity contribution in [2.75, 3.05) is 31.1 Å². The monoisotopic (exact) mass is 382 g/mol. The summed E-state index contributed by atoms with van der Waals surface area (Å²) < 4.78 is 0. The van der Waals surface area contributed by atoms with Crippen LogP contribution in [0.5, 0.6) is 0 Å². The second-order valence-electron chi connectivity index (χ2n) is 6.66. The third kappa shape index (κ3) is 3.25. The Morgan fingerprint density at radius 1 is 1.15 bits per heavy atom. The van der Waals surface area contributed by atoms with Crippen LogP contribution in [0.4, 0.5) is 5.82 Å². The van der Waals surface area contributed by atoms with Gasteiger partial charge in [-0.25, -0.2) is 15.0 Å². The van der Waals surface area contributed by atoms with Crippen molar-refractivity contribution < 1.29 is 4.79 Å². The molecule has 0 spiro atoms. The lowest BCUT2D eigenvalue weighted by Crippen LogP contribution is -2.49. The number of hydrogen-bond donors (Lipinski definition) is 0. The summed E-state index contributed by atoms with van der Waals surface area (Å²) in [5, 5.41) is 1.03. The van der Waals surface area contributed by atoms with Crippen molar-refractivity contribution >= 4 is 33.3 Å². The molecule has 0 radical (unpaired) electrons. The molecule has 0 aliphatic carbocycles. The summed E-state index contributed by atoms with van der Waals surface area (Å²) in [5.74, 6) is 1.78. The average Bonchev–Trinajstić information content (AvgIpc) is 3.05. The number of rotatable bonds is 3. The van der Waals surface area contributed by atoms with Crippen LogP contribution in [0.2, 0.25) is 0 Å². The fourth-order valence-electron chi connectivity index (χ4n) is 3.49. The molecular weight excluding hydrogens is 360 g/mol. The maximum absolute atomic E-state index is 13.1. The number of nitrogens with zero attached hydrogens (tertiary/aromatic N) is 6. The minimum Gasteiger partial charge on any atom is -0.352 e. The van der Waals surface area contributed by atoms with Crippen molar-refractivity contribution in [2.24, 2.45) is 0 Å². The van der Waals surface area contributed by atoms with Gasteiger partial charge in [-0.2, -0.15) is 0 Å². The van der Waals surface area contributed by atoms with Crippen LogP contribution in [0.1, 0.15) is 33.7 Å². The molecule has 1 aliphatic heterocycles. The summed E-state index contributed by atoms with van der Waals surface area (Å²) >= 11 is 1.49. The molecule has 3 aromatic rings. The molecule has 0 unspecified atom stereocenters. The molecule has 1 amide bonds. The van der Waals surface area contributed by atoms with Crippen LogP contribution in [0, 0.1) is 13.8 Å². The first kappa shape index (κ1) is 17.8. The number of aryl methyl sites for hydroxylation is 3. The van der Waals surface area contributed by atoms with E-state index in [1.807, 2.05) is 25.7 Å². The maximum atomic E-state index is 13.1. The fourth-order valence-corrected chi connectivity index (χ4v) is 4.71. The number of hydrogen-bond acceptors (Lipinski definition) is 7. The smallest absolute Gasteiger partial charge is 0.264 e. The van der Waals surface area contributed by atoms with Crippen molar-refractivity contribution in [3.05, 3.63) is 40.5 Å². The maximum Gasteiger partial charge on any atom is 0.264 e. The molecule has 0 atom stereocenters. The molecule has 140 valence electrons. The molecule has 4 rings (SSSR count). The van der Waals surface area contributed by atoms with Gasteiger partial charge in [0.2, 0.25) is 0 Å². The van der Waals surface area contributed by atoms with Gasteiger partial charge < -0.3 is 9.80 Å². The van der Waals surface area contributed by atoms with Crippen molar-refractivity contribution in [2.45, 2.75) is 27.2 Å². The van der Waals surface area contributed by atoms with Gasteiger partial charge in [-0.05, 0) is 19.4 Å². The van der Waals surface area contributed by atoms with Gasteiger partial charge in [-0.1, -0.05) is 6.92 Å². The van der Waals surface area contributed by atoms with Crippen LogP contribution in [0.15, 0.2) is 18.6 Å². The Hall–Kier alpha value is -2.61. The molecule has 0 bridgehead atoms. The van der Waals surface area contributed by atoms with Gasteiger partial charge in [0, 0.05) is 56.1 Å². The van der Waals surface area contributed by atoms with E-state index >= 15 is 0 Å². The van der Waals surface area contributed by atoms with E-state index in [9.17, 15) is 4.79 Å². The molecule has 27 heavy (non-hydrogen) atoms. The number of aromatic nitrogens is 4. The van der Waals surface area contributed by atoms with Crippen molar-refractivity contribution in [3.63, 3.8) is 0 Å². The first-order chi connectivity index (χ1) is 13.1. The average molecular weight is 382 g/mol. The molecule has 1 fully saturated rings. The van der Waals surface area contributed by atoms with E-state index in [0.29, 0.717) is 13.1 Å². The zero-order chi connectivity index (χ0) is 19.0. The Bertz CT molecular complexity index is 979. The van der Waals surface area contributed by atoms with Crippen LogP contribution >= 0.6 is 11.3 Å². The van der Waals surface area contributed by atoms with Gasteiger partial charge in [-0.15, -0.1) is 11.3 Å². The highest BCUT2D eigenvalue weighted by Crippen LogP contribution is 2.32. The molecule has 4 heterocycles. The van der Waals surface area contributed by atoms with E-state index in [0.717, 1.165) is 57.5 Å². The van der Waals surface area contributed by atoms with Gasteiger partial charge in [0.05, 0.1) is 11.1 Å². The minimum absolute atomic E-state index is 0.0896. The summed E-state index contributed by atoms with van der Waals surface area (Å²) in [6.45, 7) is 8.91. The lowest BCUT2D eigenvalue weighted by atomic mass is 10.1. The molecule has 1 aliphatic rings. The second-order valence-corrected chi connectivity index (χ2v) is 7.66. The summed E-state index contributed by atoms with van der Waals surface area (Å²) in [5.41, 5.74) is 1.95. The number of carbonyl (C=O) groups excluding carboxylic acids is 1. The van der Waals surface area contributed by atoms with Gasteiger partial charge in [0.25, 0.3) is 5.91 Å². The SMILES string of the molecule is CCc1nc(C)c2c(C)c(C(=O)N3CCN(c4cnccn4)CC3)sc2n1.